The van der Waals surface area contributed by atoms with Gasteiger partial charge in [0.2, 0.25) is 5.91 Å². The number of ketones is 1. The SMILES string of the molecule is COCCCCc1c(C(=O)CCC23C(CC(C)C)C2[C@]32CNC[C@H](C(=O)N3CCOCC3)C2)nc2n1CCCC2. The van der Waals surface area contributed by atoms with Crippen molar-refractivity contribution in [1.82, 2.24) is 19.8 Å². The van der Waals surface area contributed by atoms with Crippen molar-refractivity contribution in [2.75, 3.05) is 53.1 Å². The molecule has 1 aromatic rings. The molecule has 1 spiro atoms. The third-order valence-corrected chi connectivity index (χ3v) is 11.0. The zero-order valence-corrected chi connectivity index (χ0v) is 25.0. The number of nitrogens with one attached hydrogen (secondary N) is 1. The number of carbonyl (C=O) groups excluding carboxylic acids is 2. The maximum absolute atomic E-state index is 13.9. The molecule has 1 N–H and O–H groups in total. The lowest BCUT2D eigenvalue weighted by molar-refractivity contribution is -0.141. The molecule has 8 nitrogen and oxygen atoms in total. The number of rotatable bonds is 12. The average Bonchev–Trinajstić information content (AvgIpc) is 3.73. The van der Waals surface area contributed by atoms with Gasteiger partial charge in [0, 0.05) is 65.0 Å². The molecule has 2 aliphatic carbocycles. The largest absolute Gasteiger partial charge is 0.385 e. The van der Waals surface area contributed by atoms with Crippen LogP contribution in [0, 0.1) is 34.5 Å². The molecule has 3 unspecified atom stereocenters. The Morgan fingerprint density at radius 1 is 1.18 bits per heavy atom. The quantitative estimate of drug-likeness (QED) is 0.312. The summed E-state index contributed by atoms with van der Waals surface area (Å²) in [5, 5.41) is 3.67. The van der Waals surface area contributed by atoms with Crippen LogP contribution >= 0.6 is 0 Å². The number of imidazole rings is 1. The highest BCUT2D eigenvalue weighted by atomic mass is 16.5. The summed E-state index contributed by atoms with van der Waals surface area (Å²) in [5.74, 6) is 3.71. The maximum atomic E-state index is 13.9. The third-order valence-electron chi connectivity index (χ3n) is 11.0. The molecule has 5 atom stereocenters. The highest BCUT2D eigenvalue weighted by molar-refractivity contribution is 5.95. The molecule has 2 saturated carbocycles. The summed E-state index contributed by atoms with van der Waals surface area (Å²) < 4.78 is 13.1. The van der Waals surface area contributed by atoms with Crippen LogP contribution in [0.25, 0.3) is 0 Å². The number of hydrogen-bond acceptors (Lipinski definition) is 6. The van der Waals surface area contributed by atoms with Crippen LogP contribution in [-0.4, -0.2) is 79.3 Å². The van der Waals surface area contributed by atoms with Gasteiger partial charge in [0.15, 0.2) is 5.78 Å². The summed E-state index contributed by atoms with van der Waals surface area (Å²) in [5.41, 5.74) is 2.33. The van der Waals surface area contributed by atoms with Gasteiger partial charge < -0.3 is 24.3 Å². The second kappa shape index (κ2) is 11.5. The van der Waals surface area contributed by atoms with Crippen LogP contribution in [0.2, 0.25) is 0 Å². The number of unbranched alkanes of at least 4 members (excludes halogenated alkanes) is 1. The van der Waals surface area contributed by atoms with E-state index in [0.717, 1.165) is 82.7 Å². The standard InChI is InChI=1S/C32H50N4O4/c1-22(2)18-24-29-31(19-23(20-33-21-31)30(38)35-13-16-40-17-14-35)32(24,29)11-10-26(37)28-25(8-5-7-15-39-3)36-12-6-4-9-27(36)34-28/h22-24,29,33H,4-21H2,1-3H3/t23-,24?,29?,31+,32?/m1/s1. The van der Waals surface area contributed by atoms with Gasteiger partial charge in [-0.1, -0.05) is 13.8 Å². The first-order valence-corrected chi connectivity index (χ1v) is 16.1. The maximum Gasteiger partial charge on any atom is 0.227 e. The second-order valence-corrected chi connectivity index (χ2v) is 13.7. The molecule has 1 amide bonds. The topological polar surface area (TPSA) is 85.7 Å². The predicted octanol–water partition coefficient (Wildman–Crippen LogP) is 3.90. The van der Waals surface area contributed by atoms with E-state index in [1.807, 2.05) is 4.90 Å². The molecule has 0 aromatic carbocycles. The predicted molar refractivity (Wildman–Crippen MR) is 153 cm³/mol. The number of aromatic nitrogens is 2. The van der Waals surface area contributed by atoms with Crippen molar-refractivity contribution in [3.05, 3.63) is 17.2 Å². The average molecular weight is 555 g/mol. The van der Waals surface area contributed by atoms with Crippen molar-refractivity contribution in [2.24, 2.45) is 34.5 Å². The third kappa shape index (κ3) is 4.86. The Balaban J connectivity index is 1.16. The van der Waals surface area contributed by atoms with Crippen molar-refractivity contribution in [3.63, 3.8) is 0 Å². The number of amides is 1. The van der Waals surface area contributed by atoms with E-state index < -0.39 is 0 Å². The molecule has 1 aromatic heterocycles. The molecule has 0 bridgehead atoms. The number of Topliss-reactive ketones (excluding diaryl/α,β-unsaturated/α-hetero) is 1. The molecule has 2 saturated heterocycles. The first-order valence-electron chi connectivity index (χ1n) is 16.1. The highest BCUT2D eigenvalue weighted by Gasteiger charge is 2.93. The number of methoxy groups -OCH3 is 1. The van der Waals surface area contributed by atoms with E-state index >= 15 is 0 Å². The summed E-state index contributed by atoms with van der Waals surface area (Å²) >= 11 is 0. The van der Waals surface area contributed by atoms with E-state index in [1.165, 1.54) is 18.5 Å². The van der Waals surface area contributed by atoms with Crippen molar-refractivity contribution < 1.29 is 19.1 Å². The van der Waals surface area contributed by atoms with E-state index in [2.05, 4.69) is 23.7 Å². The van der Waals surface area contributed by atoms with Crippen molar-refractivity contribution in [2.45, 2.75) is 84.6 Å². The van der Waals surface area contributed by atoms with Gasteiger partial charge in [-0.05, 0) is 80.0 Å². The summed E-state index contributed by atoms with van der Waals surface area (Å²) in [6.07, 6.45) is 9.98. The Morgan fingerprint density at radius 2 is 2.00 bits per heavy atom. The van der Waals surface area contributed by atoms with Gasteiger partial charge in [-0.3, -0.25) is 9.59 Å². The Hall–Kier alpha value is -1.77. The van der Waals surface area contributed by atoms with Gasteiger partial charge in [-0.2, -0.15) is 0 Å². The molecule has 4 heterocycles. The fourth-order valence-corrected chi connectivity index (χ4v) is 9.21. The zero-order chi connectivity index (χ0) is 27.9. The van der Waals surface area contributed by atoms with Gasteiger partial charge in [-0.25, -0.2) is 4.98 Å². The van der Waals surface area contributed by atoms with Gasteiger partial charge in [0.1, 0.15) is 11.5 Å². The fourth-order valence-electron chi connectivity index (χ4n) is 9.21. The van der Waals surface area contributed by atoms with Crippen LogP contribution in [0.3, 0.4) is 0 Å². The van der Waals surface area contributed by atoms with Crippen LogP contribution in [0.15, 0.2) is 0 Å². The van der Waals surface area contributed by atoms with Crippen molar-refractivity contribution in [1.29, 1.82) is 0 Å². The van der Waals surface area contributed by atoms with E-state index in [-0.39, 0.29) is 22.5 Å². The van der Waals surface area contributed by atoms with Gasteiger partial charge in [0.05, 0.1) is 19.1 Å². The number of piperidine rings is 1. The molecule has 40 heavy (non-hydrogen) atoms. The van der Waals surface area contributed by atoms with Crippen LogP contribution in [0.1, 0.15) is 87.2 Å². The van der Waals surface area contributed by atoms with Gasteiger partial charge in [0.25, 0.3) is 0 Å². The molecule has 3 aliphatic heterocycles. The molecular weight excluding hydrogens is 504 g/mol. The number of morpholine rings is 1. The number of fused-ring (bicyclic) bond motifs is 4. The van der Waals surface area contributed by atoms with Gasteiger partial charge >= 0.3 is 0 Å². The molecule has 5 aliphatic rings. The lowest BCUT2D eigenvalue weighted by atomic mass is 9.70. The summed E-state index contributed by atoms with van der Waals surface area (Å²) in [6.45, 7) is 10.9. The summed E-state index contributed by atoms with van der Waals surface area (Å²) in [4.78, 5) is 34.2. The smallest absolute Gasteiger partial charge is 0.227 e. The number of aryl methyl sites for hydroxylation is 1. The normalized spacial score (nSPS) is 32.7. The Bertz CT molecular complexity index is 1090. The molecular formula is C32H50N4O4. The number of hydrogen-bond donors (Lipinski definition) is 1. The Morgan fingerprint density at radius 3 is 2.77 bits per heavy atom. The highest BCUT2D eigenvalue weighted by Crippen LogP contribution is 2.95. The van der Waals surface area contributed by atoms with Gasteiger partial charge in [-0.15, -0.1) is 0 Å². The Kier molecular flexibility index (Phi) is 8.14. The number of ether oxygens (including phenoxy) is 2. The minimum atomic E-state index is 0.0468. The van der Waals surface area contributed by atoms with E-state index in [1.54, 1.807) is 7.11 Å². The summed E-state index contributed by atoms with van der Waals surface area (Å²) in [6, 6.07) is 0. The monoisotopic (exact) mass is 554 g/mol. The lowest BCUT2D eigenvalue weighted by Crippen LogP contribution is -2.52. The van der Waals surface area contributed by atoms with Crippen LogP contribution in [0.4, 0.5) is 0 Å². The zero-order valence-electron chi connectivity index (χ0n) is 25.0. The van der Waals surface area contributed by atoms with Crippen LogP contribution in [-0.2, 0) is 33.7 Å². The molecule has 4 fully saturated rings. The molecule has 8 heteroatoms. The van der Waals surface area contributed by atoms with E-state index in [0.29, 0.717) is 56.4 Å². The lowest BCUT2D eigenvalue weighted by Gasteiger charge is -2.41. The molecule has 0 radical (unpaired) electrons. The van der Waals surface area contributed by atoms with E-state index in [4.69, 9.17) is 14.5 Å². The van der Waals surface area contributed by atoms with Crippen molar-refractivity contribution >= 4 is 11.7 Å². The first-order chi connectivity index (χ1) is 19.4. The summed E-state index contributed by atoms with van der Waals surface area (Å²) in [7, 11) is 1.75. The first kappa shape index (κ1) is 28.4. The molecule has 6 rings (SSSR count). The minimum absolute atomic E-state index is 0.0468. The van der Waals surface area contributed by atoms with Crippen molar-refractivity contribution in [3.8, 4) is 0 Å². The Labute approximate surface area is 239 Å². The molecule has 222 valence electrons. The number of carbonyl (C=O) groups is 2. The second-order valence-electron chi connectivity index (χ2n) is 13.7. The van der Waals surface area contributed by atoms with E-state index in [9.17, 15) is 9.59 Å². The van der Waals surface area contributed by atoms with Crippen LogP contribution in [0.5, 0.6) is 0 Å². The number of nitrogens with zero attached hydrogens (tertiary/aromatic N) is 3. The van der Waals surface area contributed by atoms with Crippen LogP contribution < -0.4 is 5.32 Å². The fraction of sp³-hybridized carbons (Fsp3) is 0.844. The minimum Gasteiger partial charge on any atom is -0.385 e.